The summed E-state index contributed by atoms with van der Waals surface area (Å²) in [4.78, 5) is 4.25. The van der Waals surface area contributed by atoms with Crippen LogP contribution in [0.3, 0.4) is 0 Å². The summed E-state index contributed by atoms with van der Waals surface area (Å²) in [6, 6.07) is 0.584. The quantitative estimate of drug-likeness (QED) is 0.431. The molecule has 100 valence electrons. The van der Waals surface area contributed by atoms with E-state index in [2.05, 4.69) is 21.9 Å². The number of hydrogen-bond acceptors (Lipinski definition) is 3. The molecular weight excluding hydrogens is 234 g/mol. The van der Waals surface area contributed by atoms with Gasteiger partial charge in [0.15, 0.2) is 5.96 Å². The molecule has 0 heterocycles. The molecule has 1 aliphatic rings. The lowest BCUT2D eigenvalue weighted by Gasteiger charge is -2.17. The summed E-state index contributed by atoms with van der Waals surface area (Å²) in [5.74, 6) is 0.924. The van der Waals surface area contributed by atoms with Crippen molar-refractivity contribution in [1.29, 1.82) is 0 Å². The summed E-state index contributed by atoms with van der Waals surface area (Å²) >= 11 is 1.98. The number of hydrogen-bond donors (Lipinski definition) is 2. The van der Waals surface area contributed by atoms with E-state index in [4.69, 9.17) is 4.74 Å². The van der Waals surface area contributed by atoms with E-state index < -0.39 is 0 Å². The Balaban J connectivity index is 2.19. The van der Waals surface area contributed by atoms with Crippen LogP contribution in [0.2, 0.25) is 0 Å². The molecule has 1 rings (SSSR count). The molecule has 2 atom stereocenters. The number of rotatable bonds is 6. The van der Waals surface area contributed by atoms with Crippen molar-refractivity contribution in [2.45, 2.75) is 37.0 Å². The molecule has 2 N–H and O–H groups in total. The minimum absolute atomic E-state index is 0.584. The number of nitrogens with one attached hydrogen (secondary N) is 2. The van der Waals surface area contributed by atoms with Gasteiger partial charge in [0.1, 0.15) is 0 Å². The third-order valence-electron chi connectivity index (χ3n) is 3.10. The van der Waals surface area contributed by atoms with Crippen molar-refractivity contribution in [2.75, 3.05) is 33.6 Å². The van der Waals surface area contributed by atoms with E-state index in [-0.39, 0.29) is 0 Å². The highest BCUT2D eigenvalue weighted by molar-refractivity contribution is 7.99. The highest BCUT2D eigenvalue weighted by Gasteiger charge is 2.24. The molecule has 0 spiro atoms. The third kappa shape index (κ3) is 5.64. The first kappa shape index (κ1) is 14.6. The number of aliphatic imine (C=N–C) groups is 1. The second-order valence-corrected chi connectivity index (χ2v) is 5.50. The van der Waals surface area contributed by atoms with Crippen LogP contribution in [0.4, 0.5) is 0 Å². The summed E-state index contributed by atoms with van der Waals surface area (Å²) in [6.45, 7) is 1.70. The SMILES string of the molecule is CN=C(NCCCOC)NC1CCC(SC)C1. The number of ether oxygens (including phenoxy) is 1. The Hall–Kier alpha value is -0.420. The van der Waals surface area contributed by atoms with Crippen LogP contribution in [0.1, 0.15) is 25.7 Å². The standard InChI is InChI=1S/C12H25N3OS/c1-13-12(14-7-4-8-16-2)15-10-5-6-11(9-10)17-3/h10-11H,4-9H2,1-3H3,(H2,13,14,15). The maximum Gasteiger partial charge on any atom is 0.191 e. The van der Waals surface area contributed by atoms with E-state index in [1.807, 2.05) is 18.8 Å². The van der Waals surface area contributed by atoms with Gasteiger partial charge in [-0.2, -0.15) is 11.8 Å². The Bertz CT molecular complexity index is 236. The predicted octanol–water partition coefficient (Wildman–Crippen LogP) is 1.47. The highest BCUT2D eigenvalue weighted by atomic mass is 32.2. The average molecular weight is 259 g/mol. The highest BCUT2D eigenvalue weighted by Crippen LogP contribution is 2.27. The Labute approximate surface area is 109 Å². The maximum atomic E-state index is 5.02. The van der Waals surface area contributed by atoms with E-state index in [9.17, 15) is 0 Å². The molecule has 1 saturated carbocycles. The lowest BCUT2D eigenvalue weighted by atomic mass is 10.2. The van der Waals surface area contributed by atoms with Gasteiger partial charge in [0, 0.05) is 38.6 Å². The van der Waals surface area contributed by atoms with Gasteiger partial charge in [-0.25, -0.2) is 0 Å². The van der Waals surface area contributed by atoms with Crippen LogP contribution in [-0.2, 0) is 4.74 Å². The predicted molar refractivity (Wildman–Crippen MR) is 75.9 cm³/mol. The zero-order valence-electron chi connectivity index (χ0n) is 11.2. The van der Waals surface area contributed by atoms with Crippen LogP contribution in [0.25, 0.3) is 0 Å². The summed E-state index contributed by atoms with van der Waals surface area (Å²) in [6.07, 6.45) is 7.03. The Morgan fingerprint density at radius 3 is 2.88 bits per heavy atom. The van der Waals surface area contributed by atoms with E-state index in [0.717, 1.165) is 30.8 Å². The Kier molecular flexibility index (Phi) is 7.44. The van der Waals surface area contributed by atoms with Gasteiger partial charge < -0.3 is 15.4 Å². The van der Waals surface area contributed by atoms with Gasteiger partial charge >= 0.3 is 0 Å². The van der Waals surface area contributed by atoms with Gasteiger partial charge in [0.05, 0.1) is 0 Å². The van der Waals surface area contributed by atoms with Crippen LogP contribution in [0.15, 0.2) is 4.99 Å². The van der Waals surface area contributed by atoms with Crippen molar-refractivity contribution in [2.24, 2.45) is 4.99 Å². The minimum atomic E-state index is 0.584. The number of thioether (sulfide) groups is 1. The van der Waals surface area contributed by atoms with Gasteiger partial charge in [-0.1, -0.05) is 0 Å². The van der Waals surface area contributed by atoms with Crippen molar-refractivity contribution in [3.63, 3.8) is 0 Å². The molecule has 0 aromatic heterocycles. The second kappa shape index (κ2) is 8.64. The summed E-state index contributed by atoms with van der Waals surface area (Å²) in [7, 11) is 3.56. The lowest BCUT2D eigenvalue weighted by molar-refractivity contribution is 0.195. The number of nitrogens with zero attached hydrogens (tertiary/aromatic N) is 1. The lowest BCUT2D eigenvalue weighted by Crippen LogP contribution is -2.43. The fourth-order valence-corrected chi connectivity index (χ4v) is 2.89. The van der Waals surface area contributed by atoms with Crippen molar-refractivity contribution in [1.82, 2.24) is 10.6 Å². The van der Waals surface area contributed by atoms with Crippen molar-refractivity contribution in [3.8, 4) is 0 Å². The largest absolute Gasteiger partial charge is 0.385 e. The first-order chi connectivity index (χ1) is 8.30. The molecule has 2 unspecified atom stereocenters. The van der Waals surface area contributed by atoms with Gasteiger partial charge in [-0.05, 0) is 31.9 Å². The third-order valence-corrected chi connectivity index (χ3v) is 4.19. The fraction of sp³-hybridized carbons (Fsp3) is 0.917. The van der Waals surface area contributed by atoms with Gasteiger partial charge in [-0.15, -0.1) is 0 Å². The monoisotopic (exact) mass is 259 g/mol. The van der Waals surface area contributed by atoms with Crippen LogP contribution in [-0.4, -0.2) is 50.8 Å². The summed E-state index contributed by atoms with van der Waals surface area (Å²) in [5.41, 5.74) is 0. The maximum absolute atomic E-state index is 5.02. The molecule has 1 fully saturated rings. The zero-order chi connectivity index (χ0) is 12.5. The Morgan fingerprint density at radius 1 is 1.47 bits per heavy atom. The molecular formula is C12H25N3OS. The topological polar surface area (TPSA) is 45.7 Å². The van der Waals surface area contributed by atoms with Gasteiger partial charge in [0.2, 0.25) is 0 Å². The molecule has 0 bridgehead atoms. The van der Waals surface area contributed by atoms with Crippen molar-refractivity contribution < 1.29 is 4.74 Å². The summed E-state index contributed by atoms with van der Waals surface area (Å²) < 4.78 is 5.02. The van der Waals surface area contributed by atoms with Crippen molar-refractivity contribution in [3.05, 3.63) is 0 Å². The normalized spacial score (nSPS) is 25.0. The smallest absolute Gasteiger partial charge is 0.191 e. The average Bonchev–Trinajstić information content (AvgIpc) is 2.80. The Morgan fingerprint density at radius 2 is 2.29 bits per heavy atom. The molecule has 0 aromatic rings. The molecule has 5 heteroatoms. The van der Waals surface area contributed by atoms with Gasteiger partial charge in [-0.3, -0.25) is 4.99 Å². The molecule has 0 aliphatic heterocycles. The minimum Gasteiger partial charge on any atom is -0.385 e. The molecule has 0 amide bonds. The molecule has 17 heavy (non-hydrogen) atoms. The molecule has 4 nitrogen and oxygen atoms in total. The van der Waals surface area contributed by atoms with Crippen LogP contribution in [0, 0.1) is 0 Å². The first-order valence-electron chi connectivity index (χ1n) is 6.29. The molecule has 0 radical (unpaired) electrons. The summed E-state index contributed by atoms with van der Waals surface area (Å²) in [5, 5.41) is 7.63. The van der Waals surface area contributed by atoms with E-state index >= 15 is 0 Å². The van der Waals surface area contributed by atoms with Crippen LogP contribution >= 0.6 is 11.8 Å². The number of methoxy groups -OCH3 is 1. The van der Waals surface area contributed by atoms with Crippen LogP contribution < -0.4 is 10.6 Å². The fourth-order valence-electron chi connectivity index (χ4n) is 2.10. The van der Waals surface area contributed by atoms with Crippen LogP contribution in [0.5, 0.6) is 0 Å². The number of guanidine groups is 1. The van der Waals surface area contributed by atoms with E-state index in [1.165, 1.54) is 19.3 Å². The van der Waals surface area contributed by atoms with Crippen molar-refractivity contribution >= 4 is 17.7 Å². The zero-order valence-corrected chi connectivity index (χ0v) is 12.0. The van der Waals surface area contributed by atoms with E-state index in [0.29, 0.717) is 6.04 Å². The molecule has 0 aromatic carbocycles. The second-order valence-electron chi connectivity index (χ2n) is 4.36. The molecule has 0 saturated heterocycles. The first-order valence-corrected chi connectivity index (χ1v) is 7.57. The van der Waals surface area contributed by atoms with E-state index in [1.54, 1.807) is 7.11 Å². The molecule has 1 aliphatic carbocycles. The van der Waals surface area contributed by atoms with Gasteiger partial charge in [0.25, 0.3) is 0 Å².